The highest BCUT2D eigenvalue weighted by Crippen LogP contribution is 2.37. The summed E-state index contributed by atoms with van der Waals surface area (Å²) in [5.41, 5.74) is 0. The van der Waals surface area contributed by atoms with E-state index in [1.54, 1.807) is 0 Å². The standard InChI is InChI=1S/C12H26N2O3Si/c1-12(2,3)18(4,5)17-10-6-9(7-13-8-10)14-11(15)16/h9-10,13-14H,6-8H2,1-5H3,(H,15,16)/t9?,10-/m1/s1. The number of hydrogen-bond donors (Lipinski definition) is 3. The average Bonchev–Trinajstić information content (AvgIpc) is 2.14. The number of piperidine rings is 1. The predicted molar refractivity (Wildman–Crippen MR) is 74.5 cm³/mol. The second-order valence-corrected chi connectivity index (χ2v) is 11.3. The van der Waals surface area contributed by atoms with Gasteiger partial charge in [-0.05, 0) is 24.6 Å². The van der Waals surface area contributed by atoms with Gasteiger partial charge in [-0.1, -0.05) is 20.8 Å². The van der Waals surface area contributed by atoms with Crippen LogP contribution in [-0.4, -0.2) is 44.8 Å². The summed E-state index contributed by atoms with van der Waals surface area (Å²) < 4.78 is 6.30. The molecule has 0 saturated carbocycles. The highest BCUT2D eigenvalue weighted by Gasteiger charge is 2.40. The van der Waals surface area contributed by atoms with Crippen molar-refractivity contribution in [1.29, 1.82) is 0 Å². The van der Waals surface area contributed by atoms with Gasteiger partial charge in [0.15, 0.2) is 8.32 Å². The molecule has 1 fully saturated rings. The summed E-state index contributed by atoms with van der Waals surface area (Å²) in [5, 5.41) is 14.7. The Labute approximate surface area is 110 Å². The molecular formula is C12H26N2O3Si. The first-order chi connectivity index (χ1) is 8.12. The summed E-state index contributed by atoms with van der Waals surface area (Å²) in [6.07, 6.45) is -0.0995. The minimum absolute atomic E-state index is 0.0500. The first-order valence-corrected chi connectivity index (χ1v) is 9.40. The monoisotopic (exact) mass is 274 g/mol. The Bertz CT molecular complexity index is 302. The summed E-state index contributed by atoms with van der Waals surface area (Å²) in [6, 6.07) is -0.0500. The zero-order valence-electron chi connectivity index (χ0n) is 12.0. The van der Waals surface area contributed by atoms with Crippen LogP contribution in [0.5, 0.6) is 0 Å². The second-order valence-electron chi connectivity index (χ2n) is 6.54. The Hall–Kier alpha value is -0.593. The normalized spacial score (nSPS) is 25.8. The SMILES string of the molecule is CC(C)(C)[Si](C)(C)O[C@H]1CNCC(NC(=O)O)C1. The van der Waals surface area contributed by atoms with E-state index in [-0.39, 0.29) is 17.2 Å². The lowest BCUT2D eigenvalue weighted by Gasteiger charge is -2.41. The fourth-order valence-electron chi connectivity index (χ4n) is 1.87. The molecule has 0 aliphatic carbocycles. The average molecular weight is 274 g/mol. The van der Waals surface area contributed by atoms with Crippen molar-refractivity contribution in [3.63, 3.8) is 0 Å². The molecule has 0 bridgehead atoms. The van der Waals surface area contributed by atoms with Crippen LogP contribution in [0.15, 0.2) is 0 Å². The van der Waals surface area contributed by atoms with Gasteiger partial charge >= 0.3 is 6.09 Å². The van der Waals surface area contributed by atoms with Crippen molar-refractivity contribution in [1.82, 2.24) is 10.6 Å². The minimum atomic E-state index is -1.78. The van der Waals surface area contributed by atoms with Crippen molar-refractivity contribution >= 4 is 14.4 Å². The number of rotatable bonds is 3. The topological polar surface area (TPSA) is 70.6 Å². The van der Waals surface area contributed by atoms with Crippen molar-refractivity contribution in [3.8, 4) is 0 Å². The second kappa shape index (κ2) is 5.58. The molecule has 0 radical (unpaired) electrons. The molecule has 5 nitrogen and oxygen atoms in total. The van der Waals surface area contributed by atoms with E-state index in [2.05, 4.69) is 44.5 Å². The van der Waals surface area contributed by atoms with Crippen LogP contribution in [0, 0.1) is 0 Å². The Morgan fingerprint density at radius 3 is 2.50 bits per heavy atom. The molecule has 1 amide bonds. The maximum atomic E-state index is 10.6. The molecule has 0 aromatic rings. The van der Waals surface area contributed by atoms with Crippen LogP contribution in [0.1, 0.15) is 27.2 Å². The molecule has 1 aliphatic rings. The van der Waals surface area contributed by atoms with Crippen molar-refractivity contribution in [2.45, 2.75) is 57.5 Å². The Morgan fingerprint density at radius 2 is 2.00 bits per heavy atom. The van der Waals surface area contributed by atoms with Gasteiger partial charge in [0.25, 0.3) is 0 Å². The third-order valence-corrected chi connectivity index (χ3v) is 8.44. The van der Waals surface area contributed by atoms with E-state index in [9.17, 15) is 4.79 Å². The summed E-state index contributed by atoms with van der Waals surface area (Å²) >= 11 is 0. The molecule has 18 heavy (non-hydrogen) atoms. The van der Waals surface area contributed by atoms with Crippen LogP contribution in [-0.2, 0) is 4.43 Å². The lowest BCUT2D eigenvalue weighted by atomic mass is 10.1. The van der Waals surface area contributed by atoms with E-state index >= 15 is 0 Å². The number of hydrogen-bond acceptors (Lipinski definition) is 3. The first kappa shape index (κ1) is 15.5. The van der Waals surface area contributed by atoms with Crippen molar-refractivity contribution in [2.24, 2.45) is 0 Å². The Balaban J connectivity index is 2.55. The van der Waals surface area contributed by atoms with E-state index in [0.29, 0.717) is 6.54 Å². The van der Waals surface area contributed by atoms with Crippen molar-refractivity contribution in [3.05, 3.63) is 0 Å². The molecule has 1 unspecified atom stereocenters. The molecule has 1 heterocycles. The zero-order chi connectivity index (χ0) is 14.0. The van der Waals surface area contributed by atoms with Gasteiger partial charge in [0.05, 0.1) is 6.10 Å². The van der Waals surface area contributed by atoms with Crippen LogP contribution >= 0.6 is 0 Å². The van der Waals surface area contributed by atoms with E-state index in [4.69, 9.17) is 9.53 Å². The molecule has 1 rings (SSSR count). The summed E-state index contributed by atoms with van der Waals surface area (Å²) in [4.78, 5) is 10.6. The quantitative estimate of drug-likeness (QED) is 0.689. The zero-order valence-corrected chi connectivity index (χ0v) is 13.0. The van der Waals surface area contributed by atoms with Crippen LogP contribution in [0.4, 0.5) is 4.79 Å². The van der Waals surface area contributed by atoms with E-state index in [1.165, 1.54) is 0 Å². The van der Waals surface area contributed by atoms with Gasteiger partial charge in [-0.25, -0.2) is 4.79 Å². The fraction of sp³-hybridized carbons (Fsp3) is 0.917. The third kappa shape index (κ3) is 4.26. The van der Waals surface area contributed by atoms with Crippen molar-refractivity contribution in [2.75, 3.05) is 13.1 Å². The van der Waals surface area contributed by atoms with Gasteiger partial charge in [-0.15, -0.1) is 0 Å². The lowest BCUT2D eigenvalue weighted by molar-refractivity contribution is 0.127. The molecule has 3 N–H and O–H groups in total. The third-order valence-electron chi connectivity index (χ3n) is 3.91. The van der Waals surface area contributed by atoms with Crippen LogP contribution in [0.3, 0.4) is 0 Å². The van der Waals surface area contributed by atoms with E-state index in [1.807, 2.05) is 0 Å². The molecule has 106 valence electrons. The van der Waals surface area contributed by atoms with Gasteiger partial charge in [-0.3, -0.25) is 0 Å². The van der Waals surface area contributed by atoms with Crippen LogP contribution < -0.4 is 10.6 Å². The first-order valence-electron chi connectivity index (χ1n) is 6.50. The van der Waals surface area contributed by atoms with E-state index in [0.717, 1.165) is 13.0 Å². The summed E-state index contributed by atoms with van der Waals surface area (Å²) in [5.74, 6) is 0. The van der Waals surface area contributed by atoms with Crippen LogP contribution in [0.2, 0.25) is 18.1 Å². The molecular weight excluding hydrogens is 248 g/mol. The fourth-order valence-corrected chi connectivity index (χ4v) is 3.24. The van der Waals surface area contributed by atoms with Gasteiger partial charge in [0.1, 0.15) is 0 Å². The largest absolute Gasteiger partial charge is 0.465 e. The Morgan fingerprint density at radius 1 is 1.39 bits per heavy atom. The molecule has 0 aromatic heterocycles. The number of carbonyl (C=O) groups is 1. The highest BCUT2D eigenvalue weighted by molar-refractivity contribution is 6.74. The number of amides is 1. The van der Waals surface area contributed by atoms with Crippen LogP contribution in [0.25, 0.3) is 0 Å². The highest BCUT2D eigenvalue weighted by atomic mass is 28.4. The molecule has 1 saturated heterocycles. The maximum absolute atomic E-state index is 10.6. The molecule has 6 heteroatoms. The molecule has 2 atom stereocenters. The maximum Gasteiger partial charge on any atom is 0.404 e. The summed E-state index contributed by atoms with van der Waals surface area (Å²) in [7, 11) is -1.78. The smallest absolute Gasteiger partial charge is 0.404 e. The van der Waals surface area contributed by atoms with Gasteiger partial charge in [0.2, 0.25) is 0 Å². The van der Waals surface area contributed by atoms with Gasteiger partial charge in [-0.2, -0.15) is 0 Å². The minimum Gasteiger partial charge on any atom is -0.465 e. The van der Waals surface area contributed by atoms with Gasteiger partial charge in [0, 0.05) is 19.1 Å². The van der Waals surface area contributed by atoms with Crippen molar-refractivity contribution < 1.29 is 14.3 Å². The molecule has 0 aromatic carbocycles. The van der Waals surface area contributed by atoms with Gasteiger partial charge < -0.3 is 20.2 Å². The summed E-state index contributed by atoms with van der Waals surface area (Å²) in [6.45, 7) is 12.6. The number of carboxylic acid groups (broad SMARTS) is 1. The number of nitrogens with one attached hydrogen (secondary N) is 2. The Kier molecular flexibility index (Phi) is 4.80. The predicted octanol–water partition coefficient (Wildman–Crippen LogP) is 2.01. The van der Waals surface area contributed by atoms with E-state index < -0.39 is 14.4 Å². The molecule has 1 aliphatic heterocycles. The lowest BCUT2D eigenvalue weighted by Crippen LogP contribution is -2.54. The molecule has 0 spiro atoms.